The van der Waals surface area contributed by atoms with Crippen molar-refractivity contribution in [1.29, 1.82) is 5.26 Å². The number of nitriles is 1. The lowest BCUT2D eigenvalue weighted by Gasteiger charge is -2.03. The summed E-state index contributed by atoms with van der Waals surface area (Å²) in [5, 5.41) is 8.72. The van der Waals surface area contributed by atoms with Crippen molar-refractivity contribution in [2.45, 2.75) is 13.5 Å². The fourth-order valence-corrected chi connectivity index (χ4v) is 1.61. The van der Waals surface area contributed by atoms with Gasteiger partial charge in [-0.15, -0.1) is 0 Å². The molecule has 0 bridgehead atoms. The Morgan fingerprint density at radius 1 is 1.58 bits per heavy atom. The number of aryl methyl sites for hydroxylation is 1. The Morgan fingerprint density at radius 2 is 2.25 bits per heavy atom. The number of rotatable bonds is 1. The molecule has 1 aromatic rings. The molecule has 0 saturated heterocycles. The van der Waals surface area contributed by atoms with E-state index in [1.54, 1.807) is 0 Å². The lowest BCUT2D eigenvalue weighted by molar-refractivity contribution is 1.06. The summed E-state index contributed by atoms with van der Waals surface area (Å²) in [6, 6.07) is 5.86. The minimum Gasteiger partial charge on any atom is -0.326 e. The molecule has 0 aliphatic heterocycles. The van der Waals surface area contributed by atoms with Crippen LogP contribution in [0.1, 0.15) is 16.7 Å². The third-order valence-electron chi connectivity index (χ3n) is 1.73. The molecule has 62 valence electrons. The van der Waals surface area contributed by atoms with Gasteiger partial charge >= 0.3 is 0 Å². The molecule has 0 aromatic heterocycles. The maximum absolute atomic E-state index is 8.72. The highest BCUT2D eigenvalue weighted by Gasteiger charge is 2.02. The van der Waals surface area contributed by atoms with E-state index in [9.17, 15) is 0 Å². The largest absolute Gasteiger partial charge is 0.326 e. The lowest BCUT2D eigenvalue weighted by atomic mass is 10.1. The van der Waals surface area contributed by atoms with Gasteiger partial charge in [0, 0.05) is 11.0 Å². The molecule has 0 heterocycles. The molecule has 0 atom stereocenters. The normalized spacial score (nSPS) is 9.50. The van der Waals surface area contributed by atoms with Gasteiger partial charge in [0.15, 0.2) is 0 Å². The van der Waals surface area contributed by atoms with E-state index in [2.05, 4.69) is 22.0 Å². The van der Waals surface area contributed by atoms with Crippen molar-refractivity contribution >= 4 is 15.9 Å². The number of hydrogen-bond donors (Lipinski definition) is 1. The number of benzene rings is 1. The first-order chi connectivity index (χ1) is 5.69. The Morgan fingerprint density at radius 3 is 2.75 bits per heavy atom. The highest BCUT2D eigenvalue weighted by atomic mass is 79.9. The average Bonchev–Trinajstić information content (AvgIpc) is 2.05. The maximum Gasteiger partial charge on any atom is 0.0994 e. The van der Waals surface area contributed by atoms with Crippen LogP contribution in [0.5, 0.6) is 0 Å². The number of nitrogens with zero attached hydrogens (tertiary/aromatic N) is 1. The van der Waals surface area contributed by atoms with Crippen molar-refractivity contribution < 1.29 is 0 Å². The van der Waals surface area contributed by atoms with E-state index < -0.39 is 0 Å². The van der Waals surface area contributed by atoms with Gasteiger partial charge in [-0.3, -0.25) is 0 Å². The van der Waals surface area contributed by atoms with Gasteiger partial charge in [-0.1, -0.05) is 15.9 Å². The molecule has 0 aliphatic carbocycles. The van der Waals surface area contributed by atoms with Crippen LogP contribution in [0.4, 0.5) is 0 Å². The third-order valence-corrected chi connectivity index (χ3v) is 2.47. The summed E-state index contributed by atoms with van der Waals surface area (Å²) in [7, 11) is 0. The molecule has 2 N–H and O–H groups in total. The first-order valence-electron chi connectivity index (χ1n) is 3.58. The Balaban J connectivity index is 3.30. The Kier molecular flexibility index (Phi) is 2.85. The van der Waals surface area contributed by atoms with Crippen LogP contribution in [0, 0.1) is 18.3 Å². The van der Waals surface area contributed by atoms with E-state index in [4.69, 9.17) is 11.0 Å². The van der Waals surface area contributed by atoms with Gasteiger partial charge in [-0.2, -0.15) is 5.26 Å². The Hall–Kier alpha value is -0.850. The van der Waals surface area contributed by atoms with Crippen molar-refractivity contribution in [2.75, 3.05) is 0 Å². The summed E-state index contributed by atoms with van der Waals surface area (Å²) in [4.78, 5) is 0. The van der Waals surface area contributed by atoms with Crippen LogP contribution >= 0.6 is 15.9 Å². The molecule has 0 radical (unpaired) electrons. The molecule has 1 rings (SSSR count). The van der Waals surface area contributed by atoms with Crippen LogP contribution in [-0.4, -0.2) is 0 Å². The Labute approximate surface area is 80.1 Å². The van der Waals surface area contributed by atoms with E-state index >= 15 is 0 Å². The van der Waals surface area contributed by atoms with E-state index in [0.717, 1.165) is 15.6 Å². The fourth-order valence-electron chi connectivity index (χ4n) is 0.994. The zero-order valence-corrected chi connectivity index (χ0v) is 8.35. The van der Waals surface area contributed by atoms with E-state index in [-0.39, 0.29) is 0 Å². The van der Waals surface area contributed by atoms with Gasteiger partial charge in [0.2, 0.25) is 0 Å². The highest BCUT2D eigenvalue weighted by Crippen LogP contribution is 2.20. The van der Waals surface area contributed by atoms with E-state index in [0.29, 0.717) is 12.1 Å². The number of hydrogen-bond acceptors (Lipinski definition) is 2. The summed E-state index contributed by atoms with van der Waals surface area (Å²) in [5.74, 6) is 0. The number of nitrogens with two attached hydrogens (primary N) is 1. The lowest BCUT2D eigenvalue weighted by Crippen LogP contribution is -1.98. The summed E-state index contributed by atoms with van der Waals surface area (Å²) in [5.41, 5.74) is 8.12. The monoisotopic (exact) mass is 224 g/mol. The predicted molar refractivity (Wildman–Crippen MR) is 51.5 cm³/mol. The summed E-state index contributed by atoms with van der Waals surface area (Å²) >= 11 is 3.38. The van der Waals surface area contributed by atoms with Gasteiger partial charge in [-0.25, -0.2) is 0 Å². The molecular formula is C9H9BrN2. The molecule has 3 heteroatoms. The zero-order valence-electron chi connectivity index (χ0n) is 6.76. The second kappa shape index (κ2) is 3.70. The van der Waals surface area contributed by atoms with E-state index in [1.165, 1.54) is 0 Å². The van der Waals surface area contributed by atoms with Crippen molar-refractivity contribution in [3.05, 3.63) is 33.3 Å². The van der Waals surface area contributed by atoms with Crippen LogP contribution in [0.3, 0.4) is 0 Å². The average molecular weight is 225 g/mol. The second-order valence-corrected chi connectivity index (χ2v) is 3.43. The summed E-state index contributed by atoms with van der Waals surface area (Å²) < 4.78 is 0.974. The minimum atomic E-state index is 0.454. The molecule has 12 heavy (non-hydrogen) atoms. The van der Waals surface area contributed by atoms with Gasteiger partial charge in [0.05, 0.1) is 11.6 Å². The standard InChI is InChI=1S/C9H9BrN2/c1-6-2-9(10)8(5-12)3-7(6)4-11/h2-3H,5,12H2,1H3. The van der Waals surface area contributed by atoms with Crippen LogP contribution in [-0.2, 0) is 6.54 Å². The molecule has 0 amide bonds. The zero-order chi connectivity index (χ0) is 9.14. The highest BCUT2D eigenvalue weighted by molar-refractivity contribution is 9.10. The van der Waals surface area contributed by atoms with Crippen molar-refractivity contribution in [3.63, 3.8) is 0 Å². The Bertz CT molecular complexity index is 339. The van der Waals surface area contributed by atoms with Crippen LogP contribution in [0.15, 0.2) is 16.6 Å². The van der Waals surface area contributed by atoms with Crippen molar-refractivity contribution in [2.24, 2.45) is 5.73 Å². The predicted octanol–water partition coefficient (Wildman–Crippen LogP) is 2.09. The molecule has 0 aliphatic rings. The molecule has 2 nitrogen and oxygen atoms in total. The molecule has 1 aromatic carbocycles. The SMILES string of the molecule is Cc1cc(Br)c(CN)cc1C#N. The fraction of sp³-hybridized carbons (Fsp3) is 0.222. The van der Waals surface area contributed by atoms with Crippen LogP contribution in [0.25, 0.3) is 0 Å². The minimum absolute atomic E-state index is 0.454. The van der Waals surface area contributed by atoms with Crippen LogP contribution in [0.2, 0.25) is 0 Å². The van der Waals surface area contributed by atoms with Gasteiger partial charge < -0.3 is 5.73 Å². The topological polar surface area (TPSA) is 49.8 Å². The number of halogens is 1. The van der Waals surface area contributed by atoms with Crippen molar-refractivity contribution in [1.82, 2.24) is 0 Å². The van der Waals surface area contributed by atoms with Gasteiger partial charge in [-0.05, 0) is 30.2 Å². The van der Waals surface area contributed by atoms with Crippen LogP contribution < -0.4 is 5.73 Å². The molecule has 0 fully saturated rings. The third kappa shape index (κ3) is 1.66. The first-order valence-corrected chi connectivity index (χ1v) is 4.37. The van der Waals surface area contributed by atoms with Gasteiger partial charge in [0.1, 0.15) is 0 Å². The smallest absolute Gasteiger partial charge is 0.0994 e. The summed E-state index contributed by atoms with van der Waals surface area (Å²) in [6.45, 7) is 2.36. The molecular weight excluding hydrogens is 216 g/mol. The second-order valence-electron chi connectivity index (χ2n) is 2.57. The molecule has 0 saturated carbocycles. The molecule has 0 spiro atoms. The summed E-state index contributed by atoms with van der Waals surface area (Å²) in [6.07, 6.45) is 0. The first kappa shape index (κ1) is 9.24. The quantitative estimate of drug-likeness (QED) is 0.795. The van der Waals surface area contributed by atoms with Gasteiger partial charge in [0.25, 0.3) is 0 Å². The molecule has 0 unspecified atom stereocenters. The van der Waals surface area contributed by atoms with Crippen molar-refractivity contribution in [3.8, 4) is 6.07 Å². The van der Waals surface area contributed by atoms with E-state index in [1.807, 2.05) is 19.1 Å². The maximum atomic E-state index is 8.72.